The number of rotatable bonds is 3. The molecule has 2 aromatic carbocycles. The van der Waals surface area contributed by atoms with Gasteiger partial charge in [0.2, 0.25) is 0 Å². The van der Waals surface area contributed by atoms with E-state index in [0.29, 0.717) is 32.1 Å². The number of benzene rings is 2. The van der Waals surface area contributed by atoms with E-state index in [4.69, 9.17) is 27.6 Å². The average molecular weight is 362 g/mol. The fraction of sp³-hybridized carbons (Fsp3) is 0.111. The fourth-order valence-corrected chi connectivity index (χ4v) is 2.80. The van der Waals surface area contributed by atoms with Gasteiger partial charge in [0, 0.05) is 23.0 Å². The fourth-order valence-electron chi connectivity index (χ4n) is 2.41. The standard InChI is InChI=1S/C18H13Cl2NO3/c1-10-6-16-13(8-15(10)20)11(7-17(22)24-16)9-21-18(23)12-4-2-3-5-14(12)19/h2-8H,9H2,1H3,(H,21,23). The summed E-state index contributed by atoms with van der Waals surface area (Å²) in [4.78, 5) is 24.0. The number of amides is 1. The molecule has 1 amide bonds. The van der Waals surface area contributed by atoms with Crippen molar-refractivity contribution < 1.29 is 9.21 Å². The number of carbonyl (C=O) groups excluding carboxylic acids is 1. The first-order valence-electron chi connectivity index (χ1n) is 7.21. The van der Waals surface area contributed by atoms with E-state index in [2.05, 4.69) is 5.32 Å². The molecule has 0 unspecified atom stereocenters. The van der Waals surface area contributed by atoms with Crippen LogP contribution in [0.5, 0.6) is 0 Å². The van der Waals surface area contributed by atoms with Crippen molar-refractivity contribution in [1.82, 2.24) is 5.32 Å². The van der Waals surface area contributed by atoms with E-state index in [1.54, 1.807) is 36.4 Å². The van der Waals surface area contributed by atoms with Gasteiger partial charge in [0.15, 0.2) is 0 Å². The van der Waals surface area contributed by atoms with Crippen LogP contribution in [0.25, 0.3) is 11.0 Å². The lowest BCUT2D eigenvalue weighted by molar-refractivity contribution is 0.0951. The molecular weight excluding hydrogens is 349 g/mol. The highest BCUT2D eigenvalue weighted by Crippen LogP contribution is 2.25. The van der Waals surface area contributed by atoms with E-state index in [9.17, 15) is 9.59 Å². The highest BCUT2D eigenvalue weighted by Gasteiger charge is 2.12. The van der Waals surface area contributed by atoms with Gasteiger partial charge in [-0.05, 0) is 42.3 Å². The quantitative estimate of drug-likeness (QED) is 0.706. The van der Waals surface area contributed by atoms with Gasteiger partial charge in [-0.25, -0.2) is 4.79 Å². The third kappa shape index (κ3) is 3.30. The molecule has 6 heteroatoms. The zero-order valence-corrected chi connectivity index (χ0v) is 14.2. The van der Waals surface area contributed by atoms with Crippen LogP contribution in [0.3, 0.4) is 0 Å². The van der Waals surface area contributed by atoms with Gasteiger partial charge in [0.1, 0.15) is 5.58 Å². The van der Waals surface area contributed by atoms with E-state index >= 15 is 0 Å². The van der Waals surface area contributed by atoms with Crippen LogP contribution in [-0.4, -0.2) is 5.91 Å². The number of aryl methyl sites for hydroxylation is 1. The molecule has 3 aromatic rings. The van der Waals surface area contributed by atoms with Gasteiger partial charge in [0.05, 0.1) is 10.6 Å². The Kier molecular flexibility index (Phi) is 4.60. The number of halogens is 2. The van der Waals surface area contributed by atoms with Crippen molar-refractivity contribution in [1.29, 1.82) is 0 Å². The molecule has 0 bridgehead atoms. The van der Waals surface area contributed by atoms with E-state index in [1.165, 1.54) is 6.07 Å². The highest BCUT2D eigenvalue weighted by molar-refractivity contribution is 6.33. The van der Waals surface area contributed by atoms with Crippen molar-refractivity contribution >= 4 is 40.1 Å². The molecule has 0 radical (unpaired) electrons. The number of hydrogen-bond donors (Lipinski definition) is 1. The van der Waals surface area contributed by atoms with Crippen molar-refractivity contribution in [3.05, 3.63) is 79.6 Å². The maximum atomic E-state index is 12.3. The van der Waals surface area contributed by atoms with Crippen LogP contribution < -0.4 is 10.9 Å². The Morgan fingerprint density at radius 2 is 1.88 bits per heavy atom. The van der Waals surface area contributed by atoms with Crippen molar-refractivity contribution in [2.24, 2.45) is 0 Å². The average Bonchev–Trinajstić information content (AvgIpc) is 2.54. The van der Waals surface area contributed by atoms with Gasteiger partial charge in [0.25, 0.3) is 5.91 Å². The first-order chi connectivity index (χ1) is 11.5. The second-order valence-corrected chi connectivity index (χ2v) is 6.17. The molecule has 0 saturated carbocycles. The molecule has 4 nitrogen and oxygen atoms in total. The lowest BCUT2D eigenvalue weighted by Crippen LogP contribution is -2.23. The Hall–Kier alpha value is -2.30. The lowest BCUT2D eigenvalue weighted by Gasteiger charge is -2.09. The molecule has 3 rings (SSSR count). The number of carbonyl (C=O) groups is 1. The minimum Gasteiger partial charge on any atom is -0.423 e. The lowest BCUT2D eigenvalue weighted by atomic mass is 10.1. The number of hydrogen-bond acceptors (Lipinski definition) is 3. The summed E-state index contributed by atoms with van der Waals surface area (Å²) in [6.45, 7) is 1.99. The van der Waals surface area contributed by atoms with Crippen molar-refractivity contribution in [2.75, 3.05) is 0 Å². The normalized spacial score (nSPS) is 10.8. The molecule has 122 valence electrons. The molecule has 24 heavy (non-hydrogen) atoms. The first kappa shape index (κ1) is 16.6. The van der Waals surface area contributed by atoms with Gasteiger partial charge < -0.3 is 9.73 Å². The van der Waals surface area contributed by atoms with Gasteiger partial charge in [-0.15, -0.1) is 0 Å². The van der Waals surface area contributed by atoms with Crippen molar-refractivity contribution in [2.45, 2.75) is 13.5 Å². The summed E-state index contributed by atoms with van der Waals surface area (Å²) in [6.07, 6.45) is 0. The van der Waals surface area contributed by atoms with E-state index in [1.807, 2.05) is 6.92 Å². The summed E-state index contributed by atoms with van der Waals surface area (Å²) in [5.41, 5.74) is 1.77. The summed E-state index contributed by atoms with van der Waals surface area (Å²) >= 11 is 12.2. The minimum atomic E-state index is -0.480. The second kappa shape index (κ2) is 6.67. The second-order valence-electron chi connectivity index (χ2n) is 5.35. The van der Waals surface area contributed by atoms with Gasteiger partial charge in [-0.2, -0.15) is 0 Å². The number of nitrogens with one attached hydrogen (secondary N) is 1. The molecule has 0 saturated heterocycles. The van der Waals surface area contributed by atoms with Crippen LogP contribution in [0.4, 0.5) is 0 Å². The van der Waals surface area contributed by atoms with Gasteiger partial charge >= 0.3 is 5.63 Å². The minimum absolute atomic E-state index is 0.158. The Morgan fingerprint density at radius 3 is 2.62 bits per heavy atom. The maximum Gasteiger partial charge on any atom is 0.336 e. The van der Waals surface area contributed by atoms with Crippen LogP contribution in [0, 0.1) is 6.92 Å². The number of fused-ring (bicyclic) bond motifs is 1. The molecule has 0 aliphatic rings. The molecule has 0 aliphatic carbocycles. The highest BCUT2D eigenvalue weighted by atomic mass is 35.5. The summed E-state index contributed by atoms with van der Waals surface area (Å²) < 4.78 is 5.20. The SMILES string of the molecule is Cc1cc2oc(=O)cc(CNC(=O)c3ccccc3Cl)c2cc1Cl. The van der Waals surface area contributed by atoms with Crippen molar-refractivity contribution in [3.63, 3.8) is 0 Å². The smallest absolute Gasteiger partial charge is 0.336 e. The zero-order valence-electron chi connectivity index (χ0n) is 12.7. The summed E-state index contributed by atoms with van der Waals surface area (Å²) in [5.74, 6) is -0.319. The van der Waals surface area contributed by atoms with Crippen LogP contribution in [-0.2, 0) is 6.54 Å². The van der Waals surface area contributed by atoms with Gasteiger partial charge in [-0.1, -0.05) is 35.3 Å². The molecule has 0 fully saturated rings. The summed E-state index contributed by atoms with van der Waals surface area (Å²) in [5, 5.41) is 4.38. The largest absolute Gasteiger partial charge is 0.423 e. The first-order valence-corrected chi connectivity index (χ1v) is 7.97. The maximum absolute atomic E-state index is 12.3. The third-order valence-corrected chi connectivity index (χ3v) is 4.40. The molecule has 1 N–H and O–H groups in total. The molecule has 0 atom stereocenters. The van der Waals surface area contributed by atoms with Gasteiger partial charge in [-0.3, -0.25) is 4.79 Å². The van der Waals surface area contributed by atoms with Crippen LogP contribution >= 0.6 is 23.2 Å². The van der Waals surface area contributed by atoms with Crippen molar-refractivity contribution in [3.8, 4) is 0 Å². The topological polar surface area (TPSA) is 59.3 Å². The van der Waals surface area contributed by atoms with Crippen LogP contribution in [0.15, 0.2) is 51.7 Å². The summed E-state index contributed by atoms with van der Waals surface area (Å²) in [6, 6.07) is 11.5. The Labute approximate surface area is 148 Å². The van der Waals surface area contributed by atoms with Crippen LogP contribution in [0.2, 0.25) is 10.0 Å². The predicted molar refractivity (Wildman–Crippen MR) is 94.9 cm³/mol. The Bertz CT molecular complexity index is 995. The zero-order chi connectivity index (χ0) is 17.3. The predicted octanol–water partition coefficient (Wildman–Crippen LogP) is 4.34. The molecular formula is C18H13Cl2NO3. The molecule has 0 spiro atoms. The van der Waals surface area contributed by atoms with E-state index in [0.717, 1.165) is 5.56 Å². The monoisotopic (exact) mass is 361 g/mol. The molecule has 1 aromatic heterocycles. The molecule has 0 aliphatic heterocycles. The van der Waals surface area contributed by atoms with Crippen LogP contribution in [0.1, 0.15) is 21.5 Å². The Morgan fingerprint density at radius 1 is 1.12 bits per heavy atom. The Balaban J connectivity index is 1.93. The van der Waals surface area contributed by atoms with E-state index in [-0.39, 0.29) is 12.5 Å². The van der Waals surface area contributed by atoms with E-state index < -0.39 is 5.63 Å². The summed E-state index contributed by atoms with van der Waals surface area (Å²) in [7, 11) is 0. The molecule has 1 heterocycles. The third-order valence-electron chi connectivity index (χ3n) is 3.67.